The minimum atomic E-state index is -0.322. The summed E-state index contributed by atoms with van der Waals surface area (Å²) in [5, 5.41) is 6.60. The van der Waals surface area contributed by atoms with Gasteiger partial charge in [0.2, 0.25) is 0 Å². The lowest BCUT2D eigenvalue weighted by Crippen LogP contribution is -2.31. The fourth-order valence-electron chi connectivity index (χ4n) is 1.50. The number of hydrogen-bond acceptors (Lipinski definition) is 3. The van der Waals surface area contributed by atoms with Gasteiger partial charge < -0.3 is 15.4 Å². The van der Waals surface area contributed by atoms with E-state index in [1.807, 2.05) is 0 Å². The van der Waals surface area contributed by atoms with Gasteiger partial charge in [0.05, 0.1) is 7.11 Å². The van der Waals surface area contributed by atoms with Crippen LogP contribution in [0.3, 0.4) is 0 Å². The highest BCUT2D eigenvalue weighted by molar-refractivity contribution is 5.30. The molecule has 0 atom stereocenters. The Hall–Kier alpha value is -1.13. The molecular weight excluding hydrogens is 219 g/mol. The molecule has 1 rings (SSSR count). The maximum atomic E-state index is 13.1. The first-order valence-corrected chi connectivity index (χ1v) is 5.90. The number of hydrogen-bond donors (Lipinski definition) is 2. The van der Waals surface area contributed by atoms with Crippen molar-refractivity contribution in [3.8, 4) is 5.75 Å². The zero-order valence-electron chi connectivity index (χ0n) is 10.7. The Balaban J connectivity index is 2.32. The van der Waals surface area contributed by atoms with Crippen molar-refractivity contribution in [3.05, 3.63) is 29.6 Å². The summed E-state index contributed by atoms with van der Waals surface area (Å²) in [6.45, 7) is 6.76. The number of rotatable bonds is 7. The molecule has 17 heavy (non-hydrogen) atoms. The summed E-state index contributed by atoms with van der Waals surface area (Å²) < 4.78 is 18.1. The van der Waals surface area contributed by atoms with E-state index in [-0.39, 0.29) is 5.82 Å². The van der Waals surface area contributed by atoms with Gasteiger partial charge in [-0.1, -0.05) is 19.9 Å². The summed E-state index contributed by atoms with van der Waals surface area (Å²) in [4.78, 5) is 0. The van der Waals surface area contributed by atoms with Crippen molar-refractivity contribution in [1.29, 1.82) is 0 Å². The predicted molar refractivity (Wildman–Crippen MR) is 67.8 cm³/mol. The number of ether oxygens (including phenoxy) is 1. The topological polar surface area (TPSA) is 33.3 Å². The minimum Gasteiger partial charge on any atom is -0.494 e. The Morgan fingerprint density at radius 3 is 2.71 bits per heavy atom. The first-order valence-electron chi connectivity index (χ1n) is 5.90. The summed E-state index contributed by atoms with van der Waals surface area (Å²) in [5.41, 5.74) is 1.02. The maximum absolute atomic E-state index is 13.1. The summed E-state index contributed by atoms with van der Waals surface area (Å²) in [6, 6.07) is 5.42. The van der Waals surface area contributed by atoms with E-state index in [1.54, 1.807) is 12.1 Å². The molecule has 0 amide bonds. The zero-order valence-corrected chi connectivity index (χ0v) is 10.7. The highest BCUT2D eigenvalue weighted by Crippen LogP contribution is 2.17. The molecule has 0 aliphatic carbocycles. The van der Waals surface area contributed by atoms with Crippen LogP contribution in [0.1, 0.15) is 19.4 Å². The lowest BCUT2D eigenvalue weighted by atomic mass is 10.2. The number of halogens is 1. The molecule has 0 heterocycles. The van der Waals surface area contributed by atoms with Crippen molar-refractivity contribution < 1.29 is 9.13 Å². The van der Waals surface area contributed by atoms with Crippen LogP contribution in [0.4, 0.5) is 4.39 Å². The zero-order chi connectivity index (χ0) is 12.7. The van der Waals surface area contributed by atoms with Crippen LogP contribution in [0.2, 0.25) is 0 Å². The van der Waals surface area contributed by atoms with Crippen LogP contribution < -0.4 is 15.4 Å². The lowest BCUT2D eigenvalue weighted by molar-refractivity contribution is 0.385. The molecule has 4 heteroatoms. The van der Waals surface area contributed by atoms with Gasteiger partial charge in [-0.3, -0.25) is 0 Å². The molecule has 0 aromatic heterocycles. The molecule has 0 aliphatic heterocycles. The van der Waals surface area contributed by atoms with Gasteiger partial charge in [0.15, 0.2) is 11.6 Å². The van der Waals surface area contributed by atoms with E-state index in [2.05, 4.69) is 24.5 Å². The second kappa shape index (κ2) is 7.25. The standard InChI is InChI=1S/C13H21FN2O/c1-10(2)16-7-6-15-9-11-4-5-12(14)13(8-11)17-3/h4-5,8,10,15-16H,6-7,9H2,1-3H3. The molecule has 0 radical (unpaired) electrons. The minimum absolute atomic E-state index is 0.296. The molecule has 96 valence electrons. The SMILES string of the molecule is COc1cc(CNCCNC(C)C)ccc1F. The van der Waals surface area contributed by atoms with E-state index in [1.165, 1.54) is 13.2 Å². The highest BCUT2D eigenvalue weighted by atomic mass is 19.1. The molecule has 0 spiro atoms. The summed E-state index contributed by atoms with van der Waals surface area (Å²) in [7, 11) is 1.47. The van der Waals surface area contributed by atoms with Crippen molar-refractivity contribution >= 4 is 0 Å². The smallest absolute Gasteiger partial charge is 0.165 e. The summed E-state index contributed by atoms with van der Waals surface area (Å²) in [5.74, 6) is -0.0256. The molecule has 0 aliphatic rings. The molecule has 0 saturated heterocycles. The van der Waals surface area contributed by atoms with Gasteiger partial charge in [-0.05, 0) is 17.7 Å². The quantitative estimate of drug-likeness (QED) is 0.714. The molecule has 0 fully saturated rings. The number of nitrogens with one attached hydrogen (secondary N) is 2. The average molecular weight is 240 g/mol. The Bertz CT molecular complexity index is 342. The Labute approximate surface area is 102 Å². The third-order valence-corrected chi connectivity index (χ3v) is 2.40. The van der Waals surface area contributed by atoms with E-state index < -0.39 is 0 Å². The van der Waals surface area contributed by atoms with Gasteiger partial charge in [-0.25, -0.2) is 4.39 Å². The van der Waals surface area contributed by atoms with E-state index >= 15 is 0 Å². The van der Waals surface area contributed by atoms with E-state index in [9.17, 15) is 4.39 Å². The molecule has 0 saturated carbocycles. The van der Waals surface area contributed by atoms with Crippen LogP contribution in [-0.4, -0.2) is 26.2 Å². The third kappa shape index (κ3) is 5.15. The van der Waals surface area contributed by atoms with Crippen LogP contribution in [0, 0.1) is 5.82 Å². The Morgan fingerprint density at radius 2 is 2.06 bits per heavy atom. The molecule has 1 aromatic carbocycles. The molecule has 3 nitrogen and oxygen atoms in total. The second-order valence-electron chi connectivity index (χ2n) is 4.25. The normalized spacial score (nSPS) is 10.9. The largest absolute Gasteiger partial charge is 0.494 e. The van der Waals surface area contributed by atoms with Crippen molar-refractivity contribution in [2.45, 2.75) is 26.4 Å². The van der Waals surface area contributed by atoms with E-state index in [4.69, 9.17) is 4.74 Å². The summed E-state index contributed by atoms with van der Waals surface area (Å²) in [6.07, 6.45) is 0. The second-order valence-corrected chi connectivity index (χ2v) is 4.25. The number of methoxy groups -OCH3 is 1. The molecule has 1 aromatic rings. The van der Waals surface area contributed by atoms with Crippen molar-refractivity contribution in [2.75, 3.05) is 20.2 Å². The molecule has 2 N–H and O–H groups in total. The maximum Gasteiger partial charge on any atom is 0.165 e. The molecule has 0 unspecified atom stereocenters. The highest BCUT2D eigenvalue weighted by Gasteiger charge is 2.02. The van der Waals surface area contributed by atoms with Gasteiger partial charge in [-0.15, -0.1) is 0 Å². The van der Waals surface area contributed by atoms with Crippen LogP contribution in [-0.2, 0) is 6.54 Å². The van der Waals surface area contributed by atoms with E-state index in [0.717, 1.165) is 25.2 Å². The Morgan fingerprint density at radius 1 is 1.29 bits per heavy atom. The summed E-state index contributed by atoms with van der Waals surface area (Å²) >= 11 is 0. The van der Waals surface area contributed by atoms with Crippen LogP contribution >= 0.6 is 0 Å². The Kier molecular flexibility index (Phi) is 5.94. The van der Waals surface area contributed by atoms with Gasteiger partial charge in [0, 0.05) is 25.7 Å². The monoisotopic (exact) mass is 240 g/mol. The molecule has 0 bridgehead atoms. The van der Waals surface area contributed by atoms with Crippen molar-refractivity contribution in [3.63, 3.8) is 0 Å². The van der Waals surface area contributed by atoms with Gasteiger partial charge >= 0.3 is 0 Å². The van der Waals surface area contributed by atoms with Gasteiger partial charge in [-0.2, -0.15) is 0 Å². The van der Waals surface area contributed by atoms with Crippen LogP contribution in [0.25, 0.3) is 0 Å². The van der Waals surface area contributed by atoms with Gasteiger partial charge in [0.1, 0.15) is 0 Å². The fraction of sp³-hybridized carbons (Fsp3) is 0.538. The predicted octanol–water partition coefficient (Wildman–Crippen LogP) is 1.92. The molecular formula is C13H21FN2O. The van der Waals surface area contributed by atoms with Crippen molar-refractivity contribution in [2.24, 2.45) is 0 Å². The van der Waals surface area contributed by atoms with Gasteiger partial charge in [0.25, 0.3) is 0 Å². The lowest BCUT2D eigenvalue weighted by Gasteiger charge is -2.10. The fourth-order valence-corrected chi connectivity index (χ4v) is 1.50. The number of benzene rings is 1. The van der Waals surface area contributed by atoms with Crippen LogP contribution in [0.15, 0.2) is 18.2 Å². The average Bonchev–Trinajstić information content (AvgIpc) is 2.30. The van der Waals surface area contributed by atoms with E-state index in [0.29, 0.717) is 11.8 Å². The first-order chi connectivity index (χ1) is 8.13. The van der Waals surface area contributed by atoms with Crippen molar-refractivity contribution in [1.82, 2.24) is 10.6 Å². The van der Waals surface area contributed by atoms with Crippen LogP contribution in [0.5, 0.6) is 5.75 Å². The first kappa shape index (κ1) is 13.9. The third-order valence-electron chi connectivity index (χ3n) is 2.40.